The highest BCUT2D eigenvalue weighted by Gasteiger charge is 2.29. The van der Waals surface area contributed by atoms with E-state index in [4.69, 9.17) is 11.6 Å². The lowest BCUT2D eigenvalue weighted by Crippen LogP contribution is -2.48. The highest BCUT2D eigenvalue weighted by Crippen LogP contribution is 2.28. The number of nitrogens with zero attached hydrogens (tertiary/aromatic N) is 2. The zero-order valence-corrected chi connectivity index (χ0v) is 14.2. The van der Waals surface area contributed by atoms with Gasteiger partial charge < -0.3 is 0 Å². The van der Waals surface area contributed by atoms with Crippen molar-refractivity contribution >= 4 is 48.9 Å². The lowest BCUT2D eigenvalue weighted by atomic mass is 10.3. The maximum atomic E-state index is 12.4. The van der Waals surface area contributed by atoms with Crippen molar-refractivity contribution in [3.8, 4) is 0 Å². The molecule has 0 bridgehead atoms. The van der Waals surface area contributed by atoms with Crippen LogP contribution in [0.4, 0.5) is 0 Å². The van der Waals surface area contributed by atoms with Crippen LogP contribution in [0.5, 0.6) is 0 Å². The molecule has 0 aliphatic carbocycles. The average molecular weight is 386 g/mol. The Labute approximate surface area is 130 Å². The molecule has 2 rings (SSSR count). The molecule has 0 atom stereocenters. The number of hydrogen-bond acceptors (Lipinski definition) is 4. The molecule has 0 spiro atoms. The zero-order valence-electron chi connectivity index (χ0n) is 10.2. The fourth-order valence-electron chi connectivity index (χ4n) is 1.93. The number of rotatable bonds is 4. The van der Waals surface area contributed by atoms with E-state index in [0.29, 0.717) is 42.0 Å². The fourth-order valence-corrected chi connectivity index (χ4v) is 5.69. The molecule has 0 unspecified atom stereocenters. The molecule has 1 fully saturated rings. The first kappa shape index (κ1) is 15.5. The van der Waals surface area contributed by atoms with Crippen LogP contribution in [0.3, 0.4) is 0 Å². The Balaban J connectivity index is 2.03. The van der Waals surface area contributed by atoms with Gasteiger partial charge in [0.05, 0.1) is 3.79 Å². The van der Waals surface area contributed by atoms with Crippen LogP contribution in [0.1, 0.15) is 0 Å². The molecule has 2 heterocycles. The monoisotopic (exact) mass is 384 g/mol. The summed E-state index contributed by atoms with van der Waals surface area (Å²) < 4.78 is 27.5. The molecule has 0 amide bonds. The summed E-state index contributed by atoms with van der Waals surface area (Å²) in [6.45, 7) is 6.60. The minimum absolute atomic E-state index is 0.384. The first-order chi connectivity index (χ1) is 8.89. The molecule has 1 saturated heterocycles. The number of hydrogen-bond donors (Lipinski definition) is 0. The Bertz CT molecular complexity index is 565. The van der Waals surface area contributed by atoms with Crippen molar-refractivity contribution < 1.29 is 8.42 Å². The normalized spacial score (nSPS) is 18.6. The quantitative estimate of drug-likeness (QED) is 0.800. The lowest BCUT2D eigenvalue weighted by molar-refractivity contribution is 0.203. The van der Waals surface area contributed by atoms with E-state index in [1.54, 1.807) is 12.1 Å². The molecule has 8 heteroatoms. The highest BCUT2D eigenvalue weighted by molar-refractivity contribution is 9.11. The van der Waals surface area contributed by atoms with Gasteiger partial charge in [-0.1, -0.05) is 18.2 Å². The largest absolute Gasteiger partial charge is 0.296 e. The van der Waals surface area contributed by atoms with Crippen LogP contribution in [0, 0.1) is 0 Å². The van der Waals surface area contributed by atoms with E-state index in [0.717, 1.165) is 3.79 Å². The van der Waals surface area contributed by atoms with Gasteiger partial charge in [0, 0.05) is 37.8 Å². The van der Waals surface area contributed by atoms with Crippen molar-refractivity contribution in [2.45, 2.75) is 4.21 Å². The van der Waals surface area contributed by atoms with Gasteiger partial charge in [-0.25, -0.2) is 8.42 Å². The van der Waals surface area contributed by atoms with E-state index in [-0.39, 0.29) is 0 Å². The molecular weight excluding hydrogens is 372 g/mol. The zero-order chi connectivity index (χ0) is 14.0. The SMILES string of the molecule is C=C(Cl)CN1CCN(S(=O)(=O)c2ccc(Br)s2)CC1. The Morgan fingerprint density at radius 2 is 2.00 bits per heavy atom. The summed E-state index contributed by atoms with van der Waals surface area (Å²) in [5.74, 6) is 0. The second-order valence-electron chi connectivity index (χ2n) is 4.26. The van der Waals surface area contributed by atoms with Gasteiger partial charge in [0.2, 0.25) is 0 Å². The lowest BCUT2D eigenvalue weighted by Gasteiger charge is -2.33. The molecule has 0 radical (unpaired) electrons. The van der Waals surface area contributed by atoms with Gasteiger partial charge in [0.25, 0.3) is 10.0 Å². The minimum atomic E-state index is -3.35. The smallest absolute Gasteiger partial charge is 0.252 e. The second kappa shape index (κ2) is 6.24. The summed E-state index contributed by atoms with van der Waals surface area (Å²) in [6.07, 6.45) is 0. The van der Waals surface area contributed by atoms with E-state index in [9.17, 15) is 8.42 Å². The number of sulfonamides is 1. The van der Waals surface area contributed by atoms with E-state index in [1.807, 2.05) is 0 Å². The Morgan fingerprint density at radius 1 is 1.37 bits per heavy atom. The molecule has 19 heavy (non-hydrogen) atoms. The number of thiophene rings is 1. The molecule has 1 aliphatic heterocycles. The van der Waals surface area contributed by atoms with Crippen LogP contribution < -0.4 is 0 Å². The maximum Gasteiger partial charge on any atom is 0.252 e. The first-order valence-corrected chi connectivity index (χ1v) is 9.13. The third kappa shape index (κ3) is 3.80. The Morgan fingerprint density at radius 3 is 2.47 bits per heavy atom. The molecule has 1 aromatic rings. The summed E-state index contributed by atoms with van der Waals surface area (Å²) in [7, 11) is -3.35. The first-order valence-electron chi connectivity index (χ1n) is 5.71. The van der Waals surface area contributed by atoms with Crippen LogP contribution in [-0.2, 0) is 10.0 Å². The van der Waals surface area contributed by atoms with Crippen molar-refractivity contribution in [1.82, 2.24) is 9.21 Å². The molecule has 0 saturated carbocycles. The summed E-state index contributed by atoms with van der Waals surface area (Å²) in [5, 5.41) is 0.582. The van der Waals surface area contributed by atoms with E-state index < -0.39 is 10.0 Å². The van der Waals surface area contributed by atoms with Gasteiger partial charge >= 0.3 is 0 Å². The summed E-state index contributed by atoms with van der Waals surface area (Å²) in [4.78, 5) is 2.10. The molecule has 1 aromatic heterocycles. The third-order valence-electron chi connectivity index (χ3n) is 2.87. The summed E-state index contributed by atoms with van der Waals surface area (Å²) in [6, 6.07) is 3.39. The van der Waals surface area contributed by atoms with Crippen LogP contribution >= 0.6 is 38.9 Å². The van der Waals surface area contributed by atoms with Crippen LogP contribution in [0.15, 0.2) is 31.7 Å². The van der Waals surface area contributed by atoms with Crippen molar-refractivity contribution in [1.29, 1.82) is 0 Å². The molecule has 1 aliphatic rings. The standard InChI is InChI=1S/C11H14BrClN2O2S2/c1-9(13)8-14-4-6-15(7-5-14)19(16,17)11-3-2-10(12)18-11/h2-3H,1,4-8H2. The van der Waals surface area contributed by atoms with Gasteiger partial charge in [-0.3, -0.25) is 4.90 Å². The molecule has 4 nitrogen and oxygen atoms in total. The van der Waals surface area contributed by atoms with E-state index >= 15 is 0 Å². The molecular formula is C11H14BrClN2O2S2. The summed E-state index contributed by atoms with van der Waals surface area (Å²) in [5.41, 5.74) is 0. The maximum absolute atomic E-state index is 12.4. The Kier molecular flexibility index (Phi) is 5.08. The highest BCUT2D eigenvalue weighted by atomic mass is 79.9. The van der Waals surface area contributed by atoms with Gasteiger partial charge in [0.1, 0.15) is 4.21 Å². The molecule has 0 N–H and O–H groups in total. The topological polar surface area (TPSA) is 40.6 Å². The Hall–Kier alpha value is 0.0800. The van der Waals surface area contributed by atoms with Gasteiger partial charge in [-0.05, 0) is 28.1 Å². The van der Waals surface area contributed by atoms with Crippen LogP contribution in [0.2, 0.25) is 0 Å². The van der Waals surface area contributed by atoms with Crippen LogP contribution in [0.25, 0.3) is 0 Å². The van der Waals surface area contributed by atoms with Crippen molar-refractivity contribution in [2.24, 2.45) is 0 Å². The van der Waals surface area contributed by atoms with Crippen molar-refractivity contribution in [3.63, 3.8) is 0 Å². The van der Waals surface area contributed by atoms with Gasteiger partial charge in [-0.2, -0.15) is 4.31 Å². The van der Waals surface area contributed by atoms with Gasteiger partial charge in [-0.15, -0.1) is 11.3 Å². The van der Waals surface area contributed by atoms with E-state index in [2.05, 4.69) is 27.4 Å². The number of halogens is 2. The molecule has 0 aromatic carbocycles. The average Bonchev–Trinajstić information content (AvgIpc) is 2.76. The predicted molar refractivity (Wildman–Crippen MR) is 82.2 cm³/mol. The fraction of sp³-hybridized carbons (Fsp3) is 0.455. The van der Waals surface area contributed by atoms with Gasteiger partial charge in [0.15, 0.2) is 0 Å². The summed E-state index contributed by atoms with van der Waals surface area (Å²) >= 11 is 10.3. The van der Waals surface area contributed by atoms with Crippen molar-refractivity contribution in [2.75, 3.05) is 32.7 Å². The second-order valence-corrected chi connectivity index (χ2v) is 9.42. The number of piperazine rings is 1. The predicted octanol–water partition coefficient (Wildman–Crippen LogP) is 2.57. The van der Waals surface area contributed by atoms with E-state index in [1.165, 1.54) is 15.6 Å². The van der Waals surface area contributed by atoms with Crippen LogP contribution in [-0.4, -0.2) is 50.3 Å². The minimum Gasteiger partial charge on any atom is -0.296 e. The van der Waals surface area contributed by atoms with Crippen molar-refractivity contribution in [3.05, 3.63) is 27.5 Å². The third-order valence-corrected chi connectivity index (χ3v) is 6.98. The molecule has 106 valence electrons.